The van der Waals surface area contributed by atoms with Gasteiger partial charge in [-0.15, -0.1) is 0 Å². The van der Waals surface area contributed by atoms with Gasteiger partial charge in [-0.2, -0.15) is 0 Å². The second-order valence-electron chi connectivity index (χ2n) is 23.6. The van der Waals surface area contributed by atoms with E-state index in [1.54, 1.807) is 6.08 Å². The van der Waals surface area contributed by atoms with Crippen LogP contribution in [0, 0.1) is 0 Å². The van der Waals surface area contributed by atoms with Crippen molar-refractivity contribution in [2.75, 3.05) is 13.2 Å². The number of ether oxygens (including phenoxy) is 2. The SMILES string of the molecule is CCCCCCCCCCCCCCCCCCCCC/C=C/CC/C=C/CC/C=C/C(O)C(COC1OC(CO)C(O)C(O)C1O)NC(=O)CCCCCCCCCCCCCCCCCCCCCCCCCCC. The lowest BCUT2D eigenvalue weighted by atomic mass is 9.99. The van der Waals surface area contributed by atoms with E-state index in [-0.39, 0.29) is 12.5 Å². The third-order valence-corrected chi connectivity index (χ3v) is 16.2. The van der Waals surface area contributed by atoms with Crippen molar-refractivity contribution in [1.82, 2.24) is 5.32 Å². The molecule has 1 aliphatic heterocycles. The molecule has 0 radical (unpaired) electrons. The summed E-state index contributed by atoms with van der Waals surface area (Å²) < 4.78 is 11.3. The van der Waals surface area contributed by atoms with E-state index >= 15 is 0 Å². The number of allylic oxidation sites excluding steroid dienone is 5. The lowest BCUT2D eigenvalue weighted by Crippen LogP contribution is -2.60. The van der Waals surface area contributed by atoms with Crippen molar-refractivity contribution in [3.63, 3.8) is 0 Å². The molecular formula is C68H129NO8. The van der Waals surface area contributed by atoms with Crippen LogP contribution in [0.25, 0.3) is 0 Å². The fraction of sp³-hybridized carbons (Fsp3) is 0.897. The zero-order valence-electron chi connectivity index (χ0n) is 50.7. The van der Waals surface area contributed by atoms with Gasteiger partial charge in [0, 0.05) is 6.42 Å². The second kappa shape index (κ2) is 57.6. The number of carbonyl (C=O) groups excluding carboxylic acids is 1. The number of nitrogens with one attached hydrogen (secondary N) is 1. The maximum atomic E-state index is 13.1. The summed E-state index contributed by atoms with van der Waals surface area (Å²) in [7, 11) is 0. The normalized spacial score (nSPS) is 18.9. The minimum absolute atomic E-state index is 0.184. The minimum Gasteiger partial charge on any atom is -0.394 e. The molecule has 0 saturated carbocycles. The van der Waals surface area contributed by atoms with Crippen molar-refractivity contribution in [2.45, 2.75) is 378 Å². The van der Waals surface area contributed by atoms with Gasteiger partial charge in [0.25, 0.3) is 0 Å². The van der Waals surface area contributed by atoms with Crippen LogP contribution in [-0.2, 0) is 14.3 Å². The summed E-state index contributed by atoms with van der Waals surface area (Å²) in [6.07, 6.45) is 69.6. The molecule has 0 aromatic rings. The highest BCUT2D eigenvalue weighted by molar-refractivity contribution is 5.76. The van der Waals surface area contributed by atoms with E-state index in [1.807, 2.05) is 6.08 Å². The van der Waals surface area contributed by atoms with Gasteiger partial charge in [-0.1, -0.05) is 320 Å². The van der Waals surface area contributed by atoms with Crippen LogP contribution in [0.5, 0.6) is 0 Å². The van der Waals surface area contributed by atoms with E-state index in [0.29, 0.717) is 6.42 Å². The van der Waals surface area contributed by atoms with Gasteiger partial charge in [0.05, 0.1) is 25.4 Å². The first-order valence-corrected chi connectivity index (χ1v) is 33.7. The van der Waals surface area contributed by atoms with E-state index in [4.69, 9.17) is 9.47 Å². The predicted molar refractivity (Wildman–Crippen MR) is 327 cm³/mol. The monoisotopic (exact) mass is 1090 g/mol. The Balaban J connectivity index is 2.18. The van der Waals surface area contributed by atoms with E-state index in [1.165, 1.54) is 270 Å². The number of hydrogen-bond donors (Lipinski definition) is 6. The molecule has 1 rings (SSSR count). The van der Waals surface area contributed by atoms with Gasteiger partial charge in [0.15, 0.2) is 6.29 Å². The molecule has 0 spiro atoms. The number of aliphatic hydroxyl groups is 5. The Morgan fingerprint density at radius 1 is 0.429 bits per heavy atom. The summed E-state index contributed by atoms with van der Waals surface area (Å²) in [6, 6.07) is -0.827. The Labute approximate surface area is 476 Å². The molecule has 77 heavy (non-hydrogen) atoms. The van der Waals surface area contributed by atoms with Crippen LogP contribution < -0.4 is 5.32 Å². The fourth-order valence-corrected chi connectivity index (χ4v) is 10.9. The molecule has 1 fully saturated rings. The molecule has 1 heterocycles. The zero-order chi connectivity index (χ0) is 55.8. The Morgan fingerprint density at radius 2 is 0.740 bits per heavy atom. The number of rotatable bonds is 59. The zero-order valence-corrected chi connectivity index (χ0v) is 50.7. The molecule has 7 unspecified atom stereocenters. The third kappa shape index (κ3) is 46.7. The van der Waals surface area contributed by atoms with Gasteiger partial charge in [-0.05, 0) is 44.9 Å². The molecular weight excluding hydrogens is 959 g/mol. The van der Waals surface area contributed by atoms with Gasteiger partial charge < -0.3 is 40.3 Å². The van der Waals surface area contributed by atoms with Gasteiger partial charge in [-0.25, -0.2) is 0 Å². The highest BCUT2D eigenvalue weighted by Crippen LogP contribution is 2.23. The van der Waals surface area contributed by atoms with E-state index in [2.05, 4.69) is 43.5 Å². The van der Waals surface area contributed by atoms with Gasteiger partial charge >= 0.3 is 0 Å². The molecule has 1 saturated heterocycles. The predicted octanol–water partition coefficient (Wildman–Crippen LogP) is 17.9. The van der Waals surface area contributed by atoms with Gasteiger partial charge in [-0.3, -0.25) is 4.79 Å². The Hall–Kier alpha value is -1.59. The Bertz CT molecular complexity index is 1310. The summed E-state index contributed by atoms with van der Waals surface area (Å²) in [5.41, 5.74) is 0. The van der Waals surface area contributed by atoms with Crippen LogP contribution >= 0.6 is 0 Å². The Kier molecular flexibility index (Phi) is 55.0. The van der Waals surface area contributed by atoms with Gasteiger partial charge in [0.2, 0.25) is 5.91 Å². The summed E-state index contributed by atoms with van der Waals surface area (Å²) >= 11 is 0. The van der Waals surface area contributed by atoms with Crippen molar-refractivity contribution in [3.05, 3.63) is 36.5 Å². The van der Waals surface area contributed by atoms with Crippen LogP contribution in [0.1, 0.15) is 335 Å². The second-order valence-corrected chi connectivity index (χ2v) is 23.6. The molecule has 0 bridgehead atoms. The maximum absolute atomic E-state index is 13.1. The summed E-state index contributed by atoms with van der Waals surface area (Å²) in [5.74, 6) is -0.184. The number of carbonyl (C=O) groups is 1. The third-order valence-electron chi connectivity index (χ3n) is 16.2. The van der Waals surface area contributed by atoms with Crippen LogP contribution in [0.3, 0.4) is 0 Å². The molecule has 0 aromatic heterocycles. The van der Waals surface area contributed by atoms with E-state index < -0.39 is 49.5 Å². The topological polar surface area (TPSA) is 149 Å². The quantitative estimate of drug-likeness (QED) is 0.0261. The number of amides is 1. The van der Waals surface area contributed by atoms with E-state index in [9.17, 15) is 30.3 Å². The van der Waals surface area contributed by atoms with Crippen LogP contribution in [-0.4, -0.2) is 87.5 Å². The lowest BCUT2D eigenvalue weighted by Gasteiger charge is -2.40. The van der Waals surface area contributed by atoms with Crippen LogP contribution in [0.4, 0.5) is 0 Å². The van der Waals surface area contributed by atoms with Crippen molar-refractivity contribution < 1.29 is 39.8 Å². The molecule has 1 aliphatic rings. The summed E-state index contributed by atoms with van der Waals surface area (Å²) in [5, 5.41) is 54.7. The first-order valence-electron chi connectivity index (χ1n) is 33.7. The van der Waals surface area contributed by atoms with Crippen molar-refractivity contribution in [1.29, 1.82) is 0 Å². The molecule has 9 nitrogen and oxygen atoms in total. The lowest BCUT2D eigenvalue weighted by molar-refractivity contribution is -0.302. The average molecular weight is 1090 g/mol. The molecule has 0 aromatic carbocycles. The number of unbranched alkanes of at least 4 members (excludes halogenated alkanes) is 45. The van der Waals surface area contributed by atoms with Crippen molar-refractivity contribution in [2.24, 2.45) is 0 Å². The molecule has 6 N–H and O–H groups in total. The first-order chi connectivity index (χ1) is 37.8. The average Bonchev–Trinajstić information content (AvgIpc) is 3.43. The number of aliphatic hydroxyl groups excluding tert-OH is 5. The maximum Gasteiger partial charge on any atom is 0.220 e. The summed E-state index contributed by atoms with van der Waals surface area (Å²) in [6.45, 7) is 3.81. The highest BCUT2D eigenvalue weighted by atomic mass is 16.7. The molecule has 9 heteroatoms. The Morgan fingerprint density at radius 3 is 1.09 bits per heavy atom. The molecule has 7 atom stereocenters. The highest BCUT2D eigenvalue weighted by Gasteiger charge is 2.44. The summed E-state index contributed by atoms with van der Waals surface area (Å²) in [4.78, 5) is 13.1. The smallest absolute Gasteiger partial charge is 0.220 e. The molecule has 0 aliphatic carbocycles. The van der Waals surface area contributed by atoms with Crippen LogP contribution in [0.15, 0.2) is 36.5 Å². The standard InChI is InChI=1S/C68H129NO8/c1-3-5-7-9-11-13-15-17-19-21-23-25-27-29-30-31-32-34-35-37-39-41-43-45-47-49-51-53-55-57-62(71)61(60-76-68-67(75)66(74)65(73)63(59-70)77-68)69-64(72)58-56-54-52-50-48-46-44-42-40-38-36-33-28-26-24-22-20-18-16-14-12-10-8-6-4-2/h39,41,47,49,55,57,61-63,65-68,70-71,73-75H,3-38,40,42-46,48,50-54,56,58-60H2,1-2H3,(H,69,72)/b41-39+,49-47+,57-55+. The number of hydrogen-bond acceptors (Lipinski definition) is 8. The van der Waals surface area contributed by atoms with Crippen LogP contribution in [0.2, 0.25) is 0 Å². The first kappa shape index (κ1) is 73.4. The largest absolute Gasteiger partial charge is 0.394 e. The fourth-order valence-electron chi connectivity index (χ4n) is 10.9. The van der Waals surface area contributed by atoms with E-state index in [0.717, 1.165) is 44.9 Å². The molecule has 1 amide bonds. The van der Waals surface area contributed by atoms with Crippen molar-refractivity contribution in [3.8, 4) is 0 Å². The minimum atomic E-state index is -1.57. The van der Waals surface area contributed by atoms with Gasteiger partial charge in [0.1, 0.15) is 24.4 Å². The molecule has 454 valence electrons. The van der Waals surface area contributed by atoms with Crippen molar-refractivity contribution >= 4 is 5.91 Å².